The van der Waals surface area contributed by atoms with Gasteiger partial charge in [-0.1, -0.05) is 24.3 Å². The predicted molar refractivity (Wildman–Crippen MR) is 85.9 cm³/mol. The normalized spacial score (nSPS) is 12.0. The lowest BCUT2D eigenvalue weighted by Crippen LogP contribution is -2.07. The Morgan fingerprint density at radius 2 is 1.73 bits per heavy atom. The first-order valence-corrected chi connectivity index (χ1v) is 8.81. The van der Waals surface area contributed by atoms with E-state index in [4.69, 9.17) is 8.60 Å². The zero-order valence-electron chi connectivity index (χ0n) is 11.2. The van der Waals surface area contributed by atoms with Crippen LogP contribution in [0.5, 0.6) is 5.75 Å². The van der Waals surface area contributed by atoms with Crippen LogP contribution in [0.15, 0.2) is 68.6 Å². The SMILES string of the molecule is O=S(=O)(Oc1ccc2c(c1)oc1ccccc12)c1cccs1. The second-order valence-corrected chi connectivity index (χ2v) is 7.45. The summed E-state index contributed by atoms with van der Waals surface area (Å²) in [5, 5.41) is 3.61. The molecule has 0 radical (unpaired) electrons. The minimum atomic E-state index is -3.79. The van der Waals surface area contributed by atoms with Crippen molar-refractivity contribution in [2.75, 3.05) is 0 Å². The van der Waals surface area contributed by atoms with Crippen molar-refractivity contribution in [1.29, 1.82) is 0 Å². The molecule has 0 N–H and O–H groups in total. The molecule has 0 bridgehead atoms. The fourth-order valence-electron chi connectivity index (χ4n) is 2.33. The lowest BCUT2D eigenvalue weighted by Gasteiger charge is -2.04. The first kappa shape index (κ1) is 13.4. The zero-order chi connectivity index (χ0) is 15.2. The van der Waals surface area contributed by atoms with E-state index in [-0.39, 0.29) is 9.96 Å². The summed E-state index contributed by atoms with van der Waals surface area (Å²) < 4.78 is 35.3. The number of rotatable bonds is 3. The van der Waals surface area contributed by atoms with E-state index in [9.17, 15) is 8.42 Å². The van der Waals surface area contributed by atoms with Crippen LogP contribution in [-0.2, 0) is 10.1 Å². The second-order valence-electron chi connectivity index (χ2n) is 4.73. The molecule has 4 nitrogen and oxygen atoms in total. The van der Waals surface area contributed by atoms with Crippen LogP contribution in [0, 0.1) is 0 Å². The summed E-state index contributed by atoms with van der Waals surface area (Å²) in [7, 11) is -3.79. The van der Waals surface area contributed by atoms with E-state index in [0.717, 1.165) is 27.7 Å². The first-order chi connectivity index (χ1) is 10.6. The summed E-state index contributed by atoms with van der Waals surface area (Å²) in [6.45, 7) is 0. The van der Waals surface area contributed by atoms with Crippen molar-refractivity contribution >= 4 is 43.4 Å². The van der Waals surface area contributed by atoms with Gasteiger partial charge in [-0.25, -0.2) is 0 Å². The van der Waals surface area contributed by atoms with E-state index in [2.05, 4.69) is 0 Å². The molecule has 0 saturated carbocycles. The van der Waals surface area contributed by atoms with Gasteiger partial charge in [-0.2, -0.15) is 8.42 Å². The molecule has 0 aliphatic heterocycles. The minimum Gasteiger partial charge on any atom is -0.456 e. The van der Waals surface area contributed by atoms with E-state index in [1.165, 1.54) is 6.07 Å². The van der Waals surface area contributed by atoms with Crippen molar-refractivity contribution in [3.63, 3.8) is 0 Å². The van der Waals surface area contributed by atoms with E-state index in [1.807, 2.05) is 24.3 Å². The van der Waals surface area contributed by atoms with Gasteiger partial charge in [0.05, 0.1) is 0 Å². The molecule has 0 atom stereocenters. The maximum atomic E-state index is 12.1. The van der Waals surface area contributed by atoms with E-state index in [0.29, 0.717) is 5.58 Å². The Morgan fingerprint density at radius 3 is 2.55 bits per heavy atom. The second kappa shape index (κ2) is 4.86. The van der Waals surface area contributed by atoms with Gasteiger partial charge in [-0.15, -0.1) is 11.3 Å². The van der Waals surface area contributed by atoms with Crippen molar-refractivity contribution in [1.82, 2.24) is 0 Å². The lowest BCUT2D eigenvalue weighted by atomic mass is 10.1. The van der Waals surface area contributed by atoms with Gasteiger partial charge in [0.2, 0.25) is 0 Å². The molecule has 4 aromatic rings. The lowest BCUT2D eigenvalue weighted by molar-refractivity contribution is 0.488. The smallest absolute Gasteiger partial charge is 0.348 e. The summed E-state index contributed by atoms with van der Waals surface area (Å²) in [6, 6.07) is 15.9. The standard InChI is InChI=1S/C16H10O4S2/c17-22(18,16-6-3-9-21-16)20-11-7-8-13-12-4-1-2-5-14(12)19-15(13)10-11/h1-10H. The largest absolute Gasteiger partial charge is 0.456 e. The molecule has 2 aromatic carbocycles. The van der Waals surface area contributed by atoms with Gasteiger partial charge in [0, 0.05) is 16.8 Å². The summed E-state index contributed by atoms with van der Waals surface area (Å²) in [6.07, 6.45) is 0. The van der Waals surface area contributed by atoms with Crippen LogP contribution in [0.1, 0.15) is 0 Å². The Balaban J connectivity index is 1.79. The van der Waals surface area contributed by atoms with Gasteiger partial charge in [0.25, 0.3) is 0 Å². The Bertz CT molecular complexity index is 1060. The molecule has 0 aliphatic carbocycles. The topological polar surface area (TPSA) is 56.5 Å². The highest BCUT2D eigenvalue weighted by Crippen LogP contribution is 2.32. The molecule has 2 heterocycles. The van der Waals surface area contributed by atoms with Gasteiger partial charge in [0.15, 0.2) is 4.21 Å². The number of hydrogen-bond acceptors (Lipinski definition) is 5. The van der Waals surface area contributed by atoms with E-state index < -0.39 is 10.1 Å². The van der Waals surface area contributed by atoms with Crippen molar-refractivity contribution in [2.45, 2.75) is 4.21 Å². The van der Waals surface area contributed by atoms with Crippen LogP contribution in [0.3, 0.4) is 0 Å². The average molecular weight is 330 g/mol. The minimum absolute atomic E-state index is 0.178. The van der Waals surface area contributed by atoms with Gasteiger partial charge in [-0.3, -0.25) is 0 Å². The Kier molecular flexibility index (Phi) is 2.95. The molecule has 22 heavy (non-hydrogen) atoms. The molecule has 0 fully saturated rings. The molecule has 0 aliphatic rings. The third-order valence-corrected chi connectivity index (χ3v) is 5.90. The number of furan rings is 1. The average Bonchev–Trinajstić information content (AvgIpc) is 3.14. The van der Waals surface area contributed by atoms with Crippen molar-refractivity contribution < 1.29 is 17.0 Å². The number of thiophene rings is 1. The Hall–Kier alpha value is -2.31. The van der Waals surface area contributed by atoms with Crippen LogP contribution < -0.4 is 4.18 Å². The summed E-state index contributed by atoms with van der Waals surface area (Å²) in [5.74, 6) is 0.236. The quantitative estimate of drug-likeness (QED) is 0.522. The Labute approximate surface area is 130 Å². The molecule has 4 rings (SSSR count). The number of fused-ring (bicyclic) bond motifs is 3. The highest BCUT2D eigenvalue weighted by atomic mass is 32.3. The molecule has 110 valence electrons. The molecule has 0 saturated heterocycles. The van der Waals surface area contributed by atoms with Crippen molar-refractivity contribution in [3.8, 4) is 5.75 Å². The summed E-state index contributed by atoms with van der Waals surface area (Å²) in [5.41, 5.74) is 1.36. The van der Waals surface area contributed by atoms with Gasteiger partial charge < -0.3 is 8.60 Å². The molecule has 0 unspecified atom stereocenters. The third-order valence-electron chi connectivity index (χ3n) is 3.30. The summed E-state index contributed by atoms with van der Waals surface area (Å²) >= 11 is 1.12. The van der Waals surface area contributed by atoms with E-state index >= 15 is 0 Å². The number of benzene rings is 2. The maximum Gasteiger partial charge on any atom is 0.348 e. The molecule has 0 amide bonds. The van der Waals surface area contributed by atoms with Crippen molar-refractivity contribution in [3.05, 3.63) is 60.0 Å². The zero-order valence-corrected chi connectivity index (χ0v) is 12.9. The van der Waals surface area contributed by atoms with Crippen LogP contribution >= 0.6 is 11.3 Å². The fraction of sp³-hybridized carbons (Fsp3) is 0. The Morgan fingerprint density at radius 1 is 0.909 bits per heavy atom. The molecular weight excluding hydrogens is 320 g/mol. The molecule has 6 heteroatoms. The fourth-order valence-corrected chi connectivity index (χ4v) is 4.20. The highest BCUT2D eigenvalue weighted by Gasteiger charge is 2.18. The van der Waals surface area contributed by atoms with Gasteiger partial charge in [-0.05, 0) is 29.6 Å². The van der Waals surface area contributed by atoms with Crippen LogP contribution in [0.25, 0.3) is 21.9 Å². The monoisotopic (exact) mass is 330 g/mol. The van der Waals surface area contributed by atoms with Gasteiger partial charge >= 0.3 is 10.1 Å². The van der Waals surface area contributed by atoms with E-state index in [1.54, 1.807) is 29.6 Å². The molecule has 0 spiro atoms. The maximum absolute atomic E-state index is 12.1. The third kappa shape index (κ3) is 2.17. The van der Waals surface area contributed by atoms with Crippen LogP contribution in [0.2, 0.25) is 0 Å². The van der Waals surface area contributed by atoms with Gasteiger partial charge in [0.1, 0.15) is 16.9 Å². The van der Waals surface area contributed by atoms with Crippen LogP contribution in [0.4, 0.5) is 0 Å². The number of hydrogen-bond donors (Lipinski definition) is 0. The molecule has 2 aromatic heterocycles. The summed E-state index contributed by atoms with van der Waals surface area (Å²) in [4.78, 5) is 0. The van der Waals surface area contributed by atoms with Crippen molar-refractivity contribution in [2.24, 2.45) is 0 Å². The van der Waals surface area contributed by atoms with Crippen LogP contribution in [-0.4, -0.2) is 8.42 Å². The highest BCUT2D eigenvalue weighted by molar-refractivity contribution is 7.89. The molecular formula is C16H10O4S2. The first-order valence-electron chi connectivity index (χ1n) is 6.53. The number of para-hydroxylation sites is 1. The predicted octanol–water partition coefficient (Wildman–Crippen LogP) is 4.42.